The normalized spacial score (nSPS) is 11.4. The van der Waals surface area contributed by atoms with Crippen LogP contribution in [0, 0.1) is 0 Å². The highest BCUT2D eigenvalue weighted by Gasteiger charge is 2.20. The number of carbonyl (C=O) groups excluding carboxylic acids is 1. The van der Waals surface area contributed by atoms with Crippen LogP contribution in [0.2, 0.25) is 0 Å². The zero-order valence-electron chi connectivity index (χ0n) is 7.97. The number of nitrogens with zero attached hydrogens (tertiary/aromatic N) is 1. The summed E-state index contributed by atoms with van der Waals surface area (Å²) in [6.07, 6.45) is 1.40. The van der Waals surface area contributed by atoms with Gasteiger partial charge in [-0.2, -0.15) is 0 Å². The number of rotatable bonds is 2. The molecule has 0 amide bonds. The van der Waals surface area contributed by atoms with Crippen LogP contribution >= 0.6 is 0 Å². The van der Waals surface area contributed by atoms with Crippen LogP contribution < -0.4 is 0 Å². The molecule has 0 atom stereocenters. The van der Waals surface area contributed by atoms with Gasteiger partial charge < -0.3 is 0 Å². The second kappa shape index (κ2) is 3.24. The Morgan fingerprint density at radius 1 is 1.46 bits per heavy atom. The number of hydrogen-bond acceptors (Lipinski definition) is 2. The number of hydrogen-bond donors (Lipinski definition) is 0. The largest absolute Gasteiger partial charge is 0.294 e. The second-order valence-electron chi connectivity index (χ2n) is 3.46. The fourth-order valence-electron chi connectivity index (χ4n) is 0.954. The van der Waals surface area contributed by atoms with Crippen molar-refractivity contribution in [3.05, 3.63) is 29.6 Å². The lowest BCUT2D eigenvalue weighted by atomic mass is 10.1. The Bertz CT molecular complexity index is 311. The molecule has 13 heavy (non-hydrogen) atoms. The van der Waals surface area contributed by atoms with E-state index >= 15 is 0 Å². The molecule has 0 N–H and O–H groups in total. The quantitative estimate of drug-likeness (QED) is 0.656. The molecule has 2 nitrogen and oxygen atoms in total. The van der Waals surface area contributed by atoms with E-state index in [0.29, 0.717) is 11.3 Å². The molecule has 0 aliphatic rings. The first-order chi connectivity index (χ1) is 5.91. The predicted octanol–water partition coefficient (Wildman–Crippen LogP) is 2.49. The van der Waals surface area contributed by atoms with Crippen LogP contribution in [-0.2, 0) is 5.67 Å². The molecular weight excluding hydrogens is 169 g/mol. The Balaban J connectivity index is 3.01. The summed E-state index contributed by atoms with van der Waals surface area (Å²) in [6, 6.07) is 3.13. The monoisotopic (exact) mass is 181 g/mol. The molecule has 1 aromatic rings. The first kappa shape index (κ1) is 9.84. The molecule has 0 spiro atoms. The lowest BCUT2D eigenvalue weighted by Gasteiger charge is -2.12. The zero-order valence-corrected chi connectivity index (χ0v) is 7.97. The summed E-state index contributed by atoms with van der Waals surface area (Å²) in [5.41, 5.74) is -0.597. The van der Waals surface area contributed by atoms with Gasteiger partial charge in [0.25, 0.3) is 0 Å². The molecule has 0 saturated heterocycles. The topological polar surface area (TPSA) is 30.0 Å². The van der Waals surface area contributed by atoms with E-state index in [1.165, 1.54) is 33.0 Å². The van der Waals surface area contributed by atoms with E-state index in [1.807, 2.05) is 0 Å². The lowest BCUT2D eigenvalue weighted by molar-refractivity contribution is 0.101. The number of ketones is 1. The Labute approximate surface area is 76.8 Å². The van der Waals surface area contributed by atoms with E-state index in [4.69, 9.17) is 0 Å². The highest BCUT2D eigenvalue weighted by atomic mass is 19.1. The Hall–Kier alpha value is -1.25. The van der Waals surface area contributed by atoms with Gasteiger partial charge in [-0.3, -0.25) is 9.78 Å². The highest BCUT2D eigenvalue weighted by Crippen LogP contribution is 2.22. The van der Waals surface area contributed by atoms with Crippen molar-refractivity contribution < 1.29 is 9.18 Å². The number of halogens is 1. The second-order valence-corrected chi connectivity index (χ2v) is 3.46. The summed E-state index contributed by atoms with van der Waals surface area (Å²) in [4.78, 5) is 14.7. The van der Waals surface area contributed by atoms with Crippen molar-refractivity contribution in [2.24, 2.45) is 0 Å². The summed E-state index contributed by atoms with van der Waals surface area (Å²) in [7, 11) is 0. The van der Waals surface area contributed by atoms with Crippen LogP contribution in [0.5, 0.6) is 0 Å². The average molecular weight is 181 g/mol. The number of aromatic nitrogens is 1. The first-order valence-electron chi connectivity index (χ1n) is 4.07. The summed E-state index contributed by atoms with van der Waals surface area (Å²) in [6.45, 7) is 4.32. The van der Waals surface area contributed by atoms with Crippen molar-refractivity contribution in [3.8, 4) is 0 Å². The number of carbonyl (C=O) groups is 1. The van der Waals surface area contributed by atoms with Gasteiger partial charge in [-0.25, -0.2) is 4.39 Å². The molecular formula is C10H12FNO. The maximum absolute atomic E-state index is 13.3. The molecule has 3 heteroatoms. The van der Waals surface area contributed by atoms with Crippen molar-refractivity contribution in [2.45, 2.75) is 26.4 Å². The van der Waals surface area contributed by atoms with Crippen LogP contribution in [0.15, 0.2) is 18.3 Å². The minimum atomic E-state index is -1.45. The number of alkyl halides is 1. The van der Waals surface area contributed by atoms with Crippen molar-refractivity contribution in [3.63, 3.8) is 0 Å². The third-order valence-corrected chi connectivity index (χ3v) is 1.78. The highest BCUT2D eigenvalue weighted by molar-refractivity contribution is 5.93. The van der Waals surface area contributed by atoms with E-state index in [1.54, 1.807) is 6.07 Å². The molecule has 0 saturated carbocycles. The Morgan fingerprint density at radius 2 is 2.08 bits per heavy atom. The molecule has 70 valence electrons. The molecule has 0 aliphatic heterocycles. The molecule has 0 aliphatic carbocycles. The fourth-order valence-corrected chi connectivity index (χ4v) is 0.954. The minimum absolute atomic E-state index is 0.0595. The third-order valence-electron chi connectivity index (χ3n) is 1.78. The van der Waals surface area contributed by atoms with Crippen molar-refractivity contribution in [2.75, 3.05) is 0 Å². The summed E-state index contributed by atoms with van der Waals surface area (Å²) >= 11 is 0. The number of Topliss-reactive ketones (excluding diaryl/α,β-unsaturated/α-hetero) is 1. The molecule has 0 bridgehead atoms. The summed E-state index contributed by atoms with van der Waals surface area (Å²) in [5, 5.41) is 0. The van der Waals surface area contributed by atoms with Gasteiger partial charge in [-0.15, -0.1) is 0 Å². The molecule has 1 rings (SSSR count). The van der Waals surface area contributed by atoms with Gasteiger partial charge in [-0.1, -0.05) is 0 Å². The van der Waals surface area contributed by atoms with Gasteiger partial charge in [-0.05, 0) is 32.9 Å². The molecule has 1 heterocycles. The maximum atomic E-state index is 13.3. The lowest BCUT2D eigenvalue weighted by Crippen LogP contribution is -2.11. The van der Waals surface area contributed by atoms with Gasteiger partial charge in [0.2, 0.25) is 0 Å². The number of pyridine rings is 1. The fraction of sp³-hybridized carbons (Fsp3) is 0.400. The van der Waals surface area contributed by atoms with Crippen LogP contribution in [0.4, 0.5) is 4.39 Å². The molecule has 1 aromatic heterocycles. The van der Waals surface area contributed by atoms with Crippen molar-refractivity contribution in [1.82, 2.24) is 4.98 Å². The van der Waals surface area contributed by atoms with Gasteiger partial charge >= 0.3 is 0 Å². The SMILES string of the molecule is CC(=O)c1ccc(C(C)(C)F)nc1. The van der Waals surface area contributed by atoms with E-state index in [9.17, 15) is 9.18 Å². The van der Waals surface area contributed by atoms with Crippen molar-refractivity contribution >= 4 is 5.78 Å². The molecule has 0 unspecified atom stereocenters. The predicted molar refractivity (Wildman–Crippen MR) is 48.4 cm³/mol. The molecule has 0 radical (unpaired) electrons. The summed E-state index contributed by atoms with van der Waals surface area (Å²) in [5.74, 6) is -0.0595. The average Bonchev–Trinajstić information content (AvgIpc) is 2.03. The minimum Gasteiger partial charge on any atom is -0.294 e. The van der Waals surface area contributed by atoms with E-state index in [2.05, 4.69) is 4.98 Å². The van der Waals surface area contributed by atoms with Crippen molar-refractivity contribution in [1.29, 1.82) is 0 Å². The Kier molecular flexibility index (Phi) is 2.45. The van der Waals surface area contributed by atoms with Crippen LogP contribution in [0.1, 0.15) is 36.8 Å². The Morgan fingerprint density at radius 3 is 2.38 bits per heavy atom. The van der Waals surface area contributed by atoms with Gasteiger partial charge in [0.1, 0.15) is 5.67 Å². The van der Waals surface area contributed by atoms with Crippen LogP contribution in [-0.4, -0.2) is 10.8 Å². The molecule has 0 fully saturated rings. The van der Waals surface area contributed by atoms with E-state index < -0.39 is 5.67 Å². The zero-order chi connectivity index (χ0) is 10.1. The smallest absolute Gasteiger partial charge is 0.161 e. The van der Waals surface area contributed by atoms with Crippen LogP contribution in [0.3, 0.4) is 0 Å². The maximum Gasteiger partial charge on any atom is 0.161 e. The first-order valence-corrected chi connectivity index (χ1v) is 4.07. The van der Waals surface area contributed by atoms with Gasteiger partial charge in [0, 0.05) is 11.8 Å². The third kappa shape index (κ3) is 2.34. The summed E-state index contributed by atoms with van der Waals surface area (Å²) < 4.78 is 13.3. The molecule has 0 aromatic carbocycles. The van der Waals surface area contributed by atoms with E-state index in [0.717, 1.165) is 0 Å². The van der Waals surface area contributed by atoms with Crippen LogP contribution in [0.25, 0.3) is 0 Å². The van der Waals surface area contributed by atoms with Gasteiger partial charge in [0.05, 0.1) is 5.69 Å². The van der Waals surface area contributed by atoms with E-state index in [-0.39, 0.29) is 5.78 Å². The van der Waals surface area contributed by atoms with Gasteiger partial charge in [0.15, 0.2) is 5.78 Å². The standard InChI is InChI=1S/C10H12FNO/c1-7(13)8-4-5-9(12-6-8)10(2,3)11/h4-6H,1-3H3.